The molecule has 158 valence electrons. The number of rotatable bonds is 9. The lowest BCUT2D eigenvalue weighted by atomic mass is 9.97. The topological polar surface area (TPSA) is 30.5 Å². The predicted octanol–water partition coefficient (Wildman–Crippen LogP) is 7.09. The van der Waals surface area contributed by atoms with Crippen LogP contribution in [0.2, 0.25) is 5.02 Å². The van der Waals surface area contributed by atoms with Crippen molar-refractivity contribution in [3.8, 4) is 11.5 Å². The third-order valence-corrected chi connectivity index (χ3v) is 5.91. The molecule has 0 atom stereocenters. The Kier molecular flexibility index (Phi) is 10.4. The number of ether oxygens (including phenoxy) is 2. The van der Waals surface area contributed by atoms with Gasteiger partial charge < -0.3 is 14.8 Å². The SMILES string of the molecule is COc1cc(CNCCC2=CCCCC2)cc(Br)c1OCc1ccccc1Cl.Cl. The Morgan fingerprint density at radius 2 is 2.00 bits per heavy atom. The highest BCUT2D eigenvalue weighted by Gasteiger charge is 2.13. The number of benzene rings is 2. The lowest BCUT2D eigenvalue weighted by Gasteiger charge is -2.16. The Hall–Kier alpha value is -1.20. The van der Waals surface area contributed by atoms with Crippen LogP contribution in [0.5, 0.6) is 11.5 Å². The zero-order valence-electron chi connectivity index (χ0n) is 16.7. The summed E-state index contributed by atoms with van der Waals surface area (Å²) in [5.74, 6) is 1.41. The Bertz CT molecular complexity index is 827. The smallest absolute Gasteiger partial charge is 0.175 e. The van der Waals surface area contributed by atoms with E-state index in [-0.39, 0.29) is 12.4 Å². The molecule has 1 aliphatic carbocycles. The standard InChI is InChI=1S/C23H27BrClNO2.ClH/c1-27-22-14-18(15-26-12-11-17-7-3-2-4-8-17)13-20(24)23(22)28-16-19-9-5-6-10-21(19)25;/h5-7,9-10,13-14,26H,2-4,8,11-12,15-16H2,1H3;1H. The fourth-order valence-corrected chi connectivity index (χ4v) is 4.19. The maximum atomic E-state index is 6.22. The molecule has 0 amide bonds. The van der Waals surface area contributed by atoms with Gasteiger partial charge in [0.2, 0.25) is 0 Å². The summed E-state index contributed by atoms with van der Waals surface area (Å²) in [5, 5.41) is 4.24. The number of allylic oxidation sites excluding steroid dienone is 1. The molecule has 0 spiro atoms. The first-order chi connectivity index (χ1) is 13.7. The fraction of sp³-hybridized carbons (Fsp3) is 0.391. The summed E-state index contributed by atoms with van der Waals surface area (Å²) in [5.41, 5.74) is 3.70. The van der Waals surface area contributed by atoms with Crippen molar-refractivity contribution in [2.75, 3.05) is 13.7 Å². The molecule has 0 heterocycles. The van der Waals surface area contributed by atoms with Crippen LogP contribution in [-0.4, -0.2) is 13.7 Å². The van der Waals surface area contributed by atoms with Gasteiger partial charge in [0.1, 0.15) is 6.61 Å². The molecule has 0 fully saturated rings. The lowest BCUT2D eigenvalue weighted by molar-refractivity contribution is 0.282. The van der Waals surface area contributed by atoms with Crippen molar-refractivity contribution >= 4 is 39.9 Å². The van der Waals surface area contributed by atoms with Crippen LogP contribution in [0.1, 0.15) is 43.2 Å². The van der Waals surface area contributed by atoms with Gasteiger partial charge >= 0.3 is 0 Å². The van der Waals surface area contributed by atoms with Gasteiger partial charge in [-0.3, -0.25) is 0 Å². The second-order valence-corrected chi connectivity index (χ2v) is 8.29. The van der Waals surface area contributed by atoms with Gasteiger partial charge in [-0.25, -0.2) is 0 Å². The number of hydrogen-bond acceptors (Lipinski definition) is 3. The van der Waals surface area contributed by atoms with Gasteiger partial charge in [0.05, 0.1) is 11.6 Å². The highest BCUT2D eigenvalue weighted by Crippen LogP contribution is 2.37. The quantitative estimate of drug-likeness (QED) is 0.294. The van der Waals surface area contributed by atoms with Crippen LogP contribution in [0.3, 0.4) is 0 Å². The first-order valence-corrected chi connectivity index (χ1v) is 11.0. The van der Waals surface area contributed by atoms with E-state index < -0.39 is 0 Å². The molecule has 1 aliphatic rings. The van der Waals surface area contributed by atoms with E-state index in [1.807, 2.05) is 30.3 Å². The molecule has 0 radical (unpaired) electrons. The molecule has 1 N–H and O–H groups in total. The molecule has 3 nitrogen and oxygen atoms in total. The van der Waals surface area contributed by atoms with Crippen molar-refractivity contribution in [3.05, 3.63) is 68.7 Å². The number of hydrogen-bond donors (Lipinski definition) is 1. The minimum atomic E-state index is 0. The minimum absolute atomic E-state index is 0. The summed E-state index contributed by atoms with van der Waals surface area (Å²) in [6.07, 6.45) is 8.74. The largest absolute Gasteiger partial charge is 0.493 e. The molecular weight excluding hydrogens is 473 g/mol. The van der Waals surface area contributed by atoms with Crippen molar-refractivity contribution in [2.45, 2.75) is 45.3 Å². The van der Waals surface area contributed by atoms with Crippen molar-refractivity contribution in [1.29, 1.82) is 0 Å². The first kappa shape index (κ1) is 24.1. The van der Waals surface area contributed by atoms with Crippen LogP contribution in [0, 0.1) is 0 Å². The van der Waals surface area contributed by atoms with Crippen LogP contribution >= 0.6 is 39.9 Å². The zero-order chi connectivity index (χ0) is 19.8. The Labute approximate surface area is 193 Å². The van der Waals surface area contributed by atoms with Crippen molar-refractivity contribution in [3.63, 3.8) is 0 Å². The molecule has 6 heteroatoms. The van der Waals surface area contributed by atoms with E-state index in [1.165, 1.54) is 25.7 Å². The Morgan fingerprint density at radius 1 is 1.17 bits per heavy atom. The summed E-state index contributed by atoms with van der Waals surface area (Å²) >= 11 is 9.85. The molecule has 0 bridgehead atoms. The molecule has 2 aromatic rings. The van der Waals surface area contributed by atoms with E-state index >= 15 is 0 Å². The van der Waals surface area contributed by atoms with Gasteiger partial charge in [-0.1, -0.05) is 41.4 Å². The van der Waals surface area contributed by atoms with Crippen molar-refractivity contribution < 1.29 is 9.47 Å². The lowest BCUT2D eigenvalue weighted by Crippen LogP contribution is -2.16. The summed E-state index contributed by atoms with van der Waals surface area (Å²) < 4.78 is 12.4. The Morgan fingerprint density at radius 3 is 2.72 bits per heavy atom. The van der Waals surface area contributed by atoms with E-state index in [0.29, 0.717) is 23.1 Å². The second kappa shape index (κ2) is 12.5. The maximum absolute atomic E-state index is 6.22. The third-order valence-electron chi connectivity index (χ3n) is 4.96. The molecule has 2 aromatic carbocycles. The Balaban J connectivity index is 0.00000300. The number of halogens is 3. The van der Waals surface area contributed by atoms with E-state index in [0.717, 1.165) is 35.1 Å². The molecule has 29 heavy (non-hydrogen) atoms. The van der Waals surface area contributed by atoms with Gasteiger partial charge in [-0.05, 0) is 78.3 Å². The van der Waals surface area contributed by atoms with Crippen LogP contribution in [0.15, 0.2) is 52.5 Å². The molecular formula is C23H28BrCl2NO2. The van der Waals surface area contributed by atoms with Gasteiger partial charge in [0.15, 0.2) is 11.5 Å². The summed E-state index contributed by atoms with van der Waals surface area (Å²) in [6.45, 7) is 2.19. The highest BCUT2D eigenvalue weighted by molar-refractivity contribution is 9.10. The maximum Gasteiger partial charge on any atom is 0.175 e. The van der Waals surface area contributed by atoms with Crippen molar-refractivity contribution in [2.24, 2.45) is 0 Å². The predicted molar refractivity (Wildman–Crippen MR) is 127 cm³/mol. The molecule has 0 saturated carbocycles. The average Bonchev–Trinajstić information content (AvgIpc) is 2.72. The molecule has 0 aromatic heterocycles. The van der Waals surface area contributed by atoms with Gasteiger partial charge in [0, 0.05) is 17.1 Å². The van der Waals surface area contributed by atoms with Crippen molar-refractivity contribution in [1.82, 2.24) is 5.32 Å². The first-order valence-electron chi connectivity index (χ1n) is 9.78. The number of methoxy groups -OCH3 is 1. The summed E-state index contributed by atoms with van der Waals surface area (Å²) in [4.78, 5) is 0. The number of nitrogens with one attached hydrogen (secondary N) is 1. The van der Waals surface area contributed by atoms with E-state index in [9.17, 15) is 0 Å². The second-order valence-electron chi connectivity index (χ2n) is 7.02. The van der Waals surface area contributed by atoms with Crippen LogP contribution < -0.4 is 14.8 Å². The minimum Gasteiger partial charge on any atom is -0.493 e. The molecule has 0 aliphatic heterocycles. The molecule has 3 rings (SSSR count). The van der Waals surface area contributed by atoms with Gasteiger partial charge in [-0.2, -0.15) is 0 Å². The monoisotopic (exact) mass is 499 g/mol. The van der Waals surface area contributed by atoms with Crippen LogP contribution in [0.4, 0.5) is 0 Å². The zero-order valence-corrected chi connectivity index (χ0v) is 19.8. The normalized spacial score (nSPS) is 13.4. The highest BCUT2D eigenvalue weighted by atomic mass is 79.9. The molecule has 0 saturated heterocycles. The van der Waals surface area contributed by atoms with Gasteiger partial charge in [0.25, 0.3) is 0 Å². The van der Waals surface area contributed by atoms with Crippen LogP contribution in [-0.2, 0) is 13.2 Å². The third kappa shape index (κ3) is 7.21. The molecule has 0 unspecified atom stereocenters. The van der Waals surface area contributed by atoms with E-state index in [2.05, 4.69) is 33.4 Å². The summed E-state index contributed by atoms with van der Waals surface area (Å²) in [6, 6.07) is 11.8. The van der Waals surface area contributed by atoms with E-state index in [4.69, 9.17) is 21.1 Å². The fourth-order valence-electron chi connectivity index (χ4n) is 3.39. The van der Waals surface area contributed by atoms with Gasteiger partial charge in [-0.15, -0.1) is 12.4 Å². The summed E-state index contributed by atoms with van der Waals surface area (Å²) in [7, 11) is 1.66. The van der Waals surface area contributed by atoms with Crippen LogP contribution in [0.25, 0.3) is 0 Å². The average molecular weight is 501 g/mol. The van der Waals surface area contributed by atoms with E-state index in [1.54, 1.807) is 12.7 Å².